The maximum absolute atomic E-state index is 5.87. The molecule has 3 rings (SSSR count). The zero-order valence-corrected chi connectivity index (χ0v) is 12.1. The van der Waals surface area contributed by atoms with Crippen molar-refractivity contribution in [3.05, 3.63) is 35.1 Å². The molecule has 1 N–H and O–H groups in total. The molecule has 6 heteroatoms. The normalized spacial score (nSPS) is 20.2. The highest BCUT2D eigenvalue weighted by Gasteiger charge is 2.20. The number of halogens is 1. The van der Waals surface area contributed by atoms with Gasteiger partial charge in [0.05, 0.1) is 6.54 Å². The van der Waals surface area contributed by atoms with E-state index in [9.17, 15) is 0 Å². The van der Waals surface area contributed by atoms with Crippen LogP contribution in [0, 0.1) is 0 Å². The molecule has 1 aromatic heterocycles. The molecule has 2 aromatic rings. The number of nitrogens with zero attached hydrogens (tertiary/aromatic N) is 3. The standard InChI is InChI=1S/C14H17ClN4O/c1-10-8-16-6-7-19(10)9-13-17-14(20-18-13)11-2-4-12(15)5-3-11/h2-5,10,16H,6-9H2,1H3. The highest BCUT2D eigenvalue weighted by atomic mass is 35.5. The van der Waals surface area contributed by atoms with Crippen LogP contribution in [-0.4, -0.2) is 40.7 Å². The van der Waals surface area contributed by atoms with Crippen LogP contribution in [0.25, 0.3) is 11.5 Å². The lowest BCUT2D eigenvalue weighted by molar-refractivity contribution is 0.160. The van der Waals surface area contributed by atoms with Crippen LogP contribution in [0.1, 0.15) is 12.7 Å². The van der Waals surface area contributed by atoms with E-state index in [1.54, 1.807) is 0 Å². The van der Waals surface area contributed by atoms with Crippen LogP contribution < -0.4 is 5.32 Å². The van der Waals surface area contributed by atoms with Crippen molar-refractivity contribution in [1.82, 2.24) is 20.4 Å². The molecular formula is C14H17ClN4O. The first-order valence-electron chi connectivity index (χ1n) is 6.75. The van der Waals surface area contributed by atoms with Crippen LogP contribution in [0.2, 0.25) is 5.02 Å². The van der Waals surface area contributed by atoms with Crippen LogP contribution in [0.5, 0.6) is 0 Å². The summed E-state index contributed by atoms with van der Waals surface area (Å²) >= 11 is 5.87. The van der Waals surface area contributed by atoms with Gasteiger partial charge in [0, 0.05) is 36.3 Å². The van der Waals surface area contributed by atoms with Crippen LogP contribution in [0.15, 0.2) is 28.8 Å². The third-order valence-corrected chi connectivity index (χ3v) is 3.79. The Balaban J connectivity index is 1.71. The molecule has 20 heavy (non-hydrogen) atoms. The van der Waals surface area contributed by atoms with E-state index in [0.717, 1.165) is 37.6 Å². The van der Waals surface area contributed by atoms with Gasteiger partial charge in [-0.15, -0.1) is 0 Å². The van der Waals surface area contributed by atoms with Gasteiger partial charge in [0.15, 0.2) is 5.82 Å². The van der Waals surface area contributed by atoms with Crippen LogP contribution >= 0.6 is 11.6 Å². The van der Waals surface area contributed by atoms with Gasteiger partial charge in [-0.3, -0.25) is 4.90 Å². The predicted molar refractivity (Wildman–Crippen MR) is 77.5 cm³/mol. The zero-order chi connectivity index (χ0) is 13.9. The minimum atomic E-state index is 0.487. The molecule has 1 aliphatic heterocycles. The lowest BCUT2D eigenvalue weighted by atomic mass is 10.2. The van der Waals surface area contributed by atoms with Gasteiger partial charge in [0.1, 0.15) is 0 Å². The fraction of sp³-hybridized carbons (Fsp3) is 0.429. The summed E-state index contributed by atoms with van der Waals surface area (Å²) in [6, 6.07) is 7.89. The molecule has 1 fully saturated rings. The van der Waals surface area contributed by atoms with E-state index in [-0.39, 0.29) is 0 Å². The van der Waals surface area contributed by atoms with E-state index in [2.05, 4.69) is 27.3 Å². The van der Waals surface area contributed by atoms with Gasteiger partial charge < -0.3 is 9.84 Å². The Hall–Kier alpha value is -1.43. The lowest BCUT2D eigenvalue weighted by Gasteiger charge is -2.32. The first-order chi connectivity index (χ1) is 9.72. The van der Waals surface area contributed by atoms with E-state index >= 15 is 0 Å². The lowest BCUT2D eigenvalue weighted by Crippen LogP contribution is -2.49. The summed E-state index contributed by atoms with van der Waals surface area (Å²) in [6.45, 7) is 5.94. The zero-order valence-electron chi connectivity index (χ0n) is 11.3. The smallest absolute Gasteiger partial charge is 0.257 e. The molecule has 1 saturated heterocycles. The van der Waals surface area contributed by atoms with E-state index in [4.69, 9.17) is 16.1 Å². The molecule has 2 heterocycles. The summed E-state index contributed by atoms with van der Waals surface area (Å²) in [5.41, 5.74) is 0.890. The highest BCUT2D eigenvalue weighted by molar-refractivity contribution is 6.30. The minimum Gasteiger partial charge on any atom is -0.334 e. The summed E-state index contributed by atoms with van der Waals surface area (Å²) in [4.78, 5) is 6.81. The molecule has 1 atom stereocenters. The molecular weight excluding hydrogens is 276 g/mol. The van der Waals surface area contributed by atoms with Gasteiger partial charge in [0.2, 0.25) is 0 Å². The van der Waals surface area contributed by atoms with Gasteiger partial charge >= 0.3 is 0 Å². The molecule has 0 saturated carbocycles. The number of hydrogen-bond donors (Lipinski definition) is 1. The third kappa shape index (κ3) is 3.00. The second kappa shape index (κ2) is 5.91. The maximum atomic E-state index is 5.87. The molecule has 5 nitrogen and oxygen atoms in total. The molecule has 1 aromatic carbocycles. The quantitative estimate of drug-likeness (QED) is 0.940. The fourth-order valence-electron chi connectivity index (χ4n) is 2.33. The van der Waals surface area contributed by atoms with Gasteiger partial charge in [-0.1, -0.05) is 16.8 Å². The van der Waals surface area contributed by atoms with Gasteiger partial charge in [-0.25, -0.2) is 0 Å². The van der Waals surface area contributed by atoms with Crippen molar-refractivity contribution in [2.24, 2.45) is 0 Å². The van der Waals surface area contributed by atoms with Gasteiger partial charge in [-0.05, 0) is 31.2 Å². The number of aromatic nitrogens is 2. The summed E-state index contributed by atoms with van der Waals surface area (Å²) in [7, 11) is 0. The van der Waals surface area contributed by atoms with Crippen molar-refractivity contribution >= 4 is 11.6 Å². The van der Waals surface area contributed by atoms with Crippen molar-refractivity contribution < 1.29 is 4.52 Å². The average molecular weight is 293 g/mol. The molecule has 106 valence electrons. The van der Waals surface area contributed by atoms with E-state index < -0.39 is 0 Å². The number of hydrogen-bond acceptors (Lipinski definition) is 5. The minimum absolute atomic E-state index is 0.487. The Morgan fingerprint density at radius 1 is 1.40 bits per heavy atom. The Morgan fingerprint density at radius 2 is 2.20 bits per heavy atom. The summed E-state index contributed by atoms with van der Waals surface area (Å²) in [5, 5.41) is 8.13. The summed E-state index contributed by atoms with van der Waals surface area (Å²) < 4.78 is 5.32. The van der Waals surface area contributed by atoms with Crippen molar-refractivity contribution in [2.75, 3.05) is 19.6 Å². The number of benzene rings is 1. The topological polar surface area (TPSA) is 54.2 Å². The first kappa shape index (κ1) is 13.5. The highest BCUT2D eigenvalue weighted by Crippen LogP contribution is 2.20. The molecule has 0 bridgehead atoms. The third-order valence-electron chi connectivity index (χ3n) is 3.54. The second-order valence-electron chi connectivity index (χ2n) is 5.05. The average Bonchev–Trinajstić information content (AvgIpc) is 2.91. The van der Waals surface area contributed by atoms with Crippen molar-refractivity contribution in [3.63, 3.8) is 0 Å². The monoisotopic (exact) mass is 292 g/mol. The SMILES string of the molecule is CC1CNCCN1Cc1noc(-c2ccc(Cl)cc2)n1. The van der Waals surface area contributed by atoms with Gasteiger partial charge in [0.25, 0.3) is 5.89 Å². The molecule has 0 amide bonds. The molecule has 0 spiro atoms. The largest absolute Gasteiger partial charge is 0.334 e. The fourth-order valence-corrected chi connectivity index (χ4v) is 2.45. The number of piperazine rings is 1. The molecule has 0 aliphatic carbocycles. The van der Waals surface area contributed by atoms with Crippen LogP contribution in [-0.2, 0) is 6.54 Å². The van der Waals surface area contributed by atoms with Crippen LogP contribution in [0.4, 0.5) is 0 Å². The Morgan fingerprint density at radius 3 is 2.95 bits per heavy atom. The Kier molecular flexibility index (Phi) is 4.00. The van der Waals surface area contributed by atoms with E-state index in [1.165, 1.54) is 0 Å². The summed E-state index contributed by atoms with van der Waals surface area (Å²) in [6.07, 6.45) is 0. The second-order valence-corrected chi connectivity index (χ2v) is 5.48. The Bertz CT molecular complexity index is 569. The van der Waals surface area contributed by atoms with Gasteiger partial charge in [-0.2, -0.15) is 4.98 Å². The number of nitrogens with one attached hydrogen (secondary N) is 1. The maximum Gasteiger partial charge on any atom is 0.257 e. The van der Waals surface area contributed by atoms with Crippen molar-refractivity contribution in [3.8, 4) is 11.5 Å². The number of rotatable bonds is 3. The van der Waals surface area contributed by atoms with Crippen molar-refractivity contribution in [2.45, 2.75) is 19.5 Å². The summed E-state index contributed by atoms with van der Waals surface area (Å²) in [5.74, 6) is 1.27. The van der Waals surface area contributed by atoms with Crippen LogP contribution in [0.3, 0.4) is 0 Å². The predicted octanol–water partition coefficient (Wildman–Crippen LogP) is 2.18. The molecule has 1 aliphatic rings. The molecule has 0 radical (unpaired) electrons. The Labute approximate surface area is 122 Å². The van der Waals surface area contributed by atoms with Crippen molar-refractivity contribution in [1.29, 1.82) is 0 Å². The van der Waals surface area contributed by atoms with E-state index in [1.807, 2.05) is 24.3 Å². The first-order valence-corrected chi connectivity index (χ1v) is 7.13. The van der Waals surface area contributed by atoms with E-state index in [0.29, 0.717) is 17.0 Å². The molecule has 1 unspecified atom stereocenters.